The summed E-state index contributed by atoms with van der Waals surface area (Å²) in [6.45, 7) is 6.31. The number of urea groups is 1. The third-order valence-corrected chi connectivity index (χ3v) is 7.26. The average molecular weight is 450 g/mol. The van der Waals surface area contributed by atoms with Crippen LogP contribution in [0.1, 0.15) is 53.8 Å². The molecule has 2 aliphatic rings. The first-order valence-electron chi connectivity index (χ1n) is 11.9. The largest absolute Gasteiger partial charge is 0.356 e. The Kier molecular flexibility index (Phi) is 4.63. The van der Waals surface area contributed by atoms with Gasteiger partial charge in [0.25, 0.3) is 5.91 Å². The summed E-state index contributed by atoms with van der Waals surface area (Å²) in [6, 6.07) is 23.1. The minimum absolute atomic E-state index is 0.157. The van der Waals surface area contributed by atoms with Crippen molar-refractivity contribution in [2.45, 2.75) is 45.2 Å². The number of H-pyrrole nitrogens is 1. The van der Waals surface area contributed by atoms with Gasteiger partial charge in [-0.05, 0) is 47.7 Å². The Balaban J connectivity index is 1.49. The molecule has 0 saturated carbocycles. The number of fused-ring (bicyclic) bond motifs is 4. The summed E-state index contributed by atoms with van der Waals surface area (Å²) < 4.78 is 0. The molecule has 2 atom stereocenters. The highest BCUT2D eigenvalue weighted by Gasteiger charge is 2.53. The van der Waals surface area contributed by atoms with Crippen LogP contribution in [0, 0.1) is 6.92 Å². The van der Waals surface area contributed by atoms with Crippen LogP contribution in [0.2, 0.25) is 0 Å². The molecule has 0 spiro atoms. The van der Waals surface area contributed by atoms with E-state index in [2.05, 4.69) is 62.2 Å². The number of para-hydroxylation sites is 1. The standard InChI is InChI=1S/C29H27N3O2/c1-17(2)19-12-14-21(15-13-19)31-28(33)25-16-23-22-6-4-5-7-24(22)30-26(23)27(32(25)29(31)34)20-10-8-18(3)9-11-20/h4-15,17,25,27,30H,16H2,1-3H3/t25-,27?/m0/s1. The van der Waals surface area contributed by atoms with Crippen LogP contribution in [-0.2, 0) is 11.2 Å². The van der Waals surface area contributed by atoms with Gasteiger partial charge in [0.15, 0.2) is 0 Å². The minimum Gasteiger partial charge on any atom is -0.356 e. The predicted octanol–water partition coefficient (Wildman–Crippen LogP) is 6.08. The lowest BCUT2D eigenvalue weighted by molar-refractivity contribution is -0.120. The predicted molar refractivity (Wildman–Crippen MR) is 134 cm³/mol. The molecule has 1 fully saturated rings. The number of aromatic amines is 1. The minimum atomic E-state index is -0.532. The molecule has 1 saturated heterocycles. The SMILES string of the molecule is Cc1ccc(C2c3[nH]c4ccccc4c3C[C@H]3C(=O)N(c4ccc(C(C)C)cc4)C(=O)N23)cc1. The normalized spacial score (nSPS) is 19.8. The van der Waals surface area contributed by atoms with Crippen LogP contribution >= 0.6 is 0 Å². The van der Waals surface area contributed by atoms with Crippen molar-refractivity contribution in [2.75, 3.05) is 4.90 Å². The van der Waals surface area contributed by atoms with E-state index in [0.717, 1.165) is 33.3 Å². The van der Waals surface area contributed by atoms with Gasteiger partial charge in [0.05, 0.1) is 5.69 Å². The maximum absolute atomic E-state index is 13.9. The van der Waals surface area contributed by atoms with Gasteiger partial charge < -0.3 is 4.98 Å². The van der Waals surface area contributed by atoms with Crippen molar-refractivity contribution >= 4 is 28.5 Å². The molecule has 3 heterocycles. The lowest BCUT2D eigenvalue weighted by Crippen LogP contribution is -2.44. The highest BCUT2D eigenvalue weighted by molar-refractivity contribution is 6.22. The van der Waals surface area contributed by atoms with Crippen LogP contribution < -0.4 is 4.90 Å². The summed E-state index contributed by atoms with van der Waals surface area (Å²) in [4.78, 5) is 34.3. The first-order chi connectivity index (χ1) is 16.4. The van der Waals surface area contributed by atoms with Crippen molar-refractivity contribution in [3.8, 4) is 0 Å². The highest BCUT2D eigenvalue weighted by Crippen LogP contribution is 2.44. The van der Waals surface area contributed by atoms with Gasteiger partial charge in [-0.2, -0.15) is 0 Å². The topological polar surface area (TPSA) is 56.4 Å². The van der Waals surface area contributed by atoms with E-state index in [1.165, 1.54) is 10.5 Å². The van der Waals surface area contributed by atoms with E-state index in [-0.39, 0.29) is 18.0 Å². The Morgan fingerprint density at radius 1 is 0.912 bits per heavy atom. The number of anilines is 1. The molecule has 5 heteroatoms. The summed E-state index contributed by atoms with van der Waals surface area (Å²) in [7, 11) is 0. The number of nitrogens with zero attached hydrogens (tertiary/aromatic N) is 2. The zero-order valence-corrected chi connectivity index (χ0v) is 19.6. The molecule has 1 unspecified atom stereocenters. The Bertz CT molecular complexity index is 1420. The van der Waals surface area contributed by atoms with E-state index < -0.39 is 6.04 Å². The summed E-state index contributed by atoms with van der Waals surface area (Å²) >= 11 is 0. The second-order valence-corrected chi connectivity index (χ2v) is 9.71. The van der Waals surface area contributed by atoms with Gasteiger partial charge >= 0.3 is 6.03 Å². The molecule has 0 bridgehead atoms. The highest BCUT2D eigenvalue weighted by atomic mass is 16.2. The number of imide groups is 1. The maximum atomic E-state index is 13.9. The summed E-state index contributed by atoms with van der Waals surface area (Å²) in [6.07, 6.45) is 0.507. The van der Waals surface area contributed by atoms with Gasteiger partial charge in [-0.25, -0.2) is 9.69 Å². The zero-order chi connectivity index (χ0) is 23.6. The van der Waals surface area contributed by atoms with Gasteiger partial charge in [-0.15, -0.1) is 0 Å². The van der Waals surface area contributed by atoms with E-state index in [9.17, 15) is 9.59 Å². The number of carbonyl (C=O) groups is 2. The van der Waals surface area contributed by atoms with Crippen LogP contribution in [0.4, 0.5) is 10.5 Å². The van der Waals surface area contributed by atoms with Gasteiger partial charge in [-0.1, -0.05) is 74.0 Å². The third-order valence-electron chi connectivity index (χ3n) is 7.26. The van der Waals surface area contributed by atoms with Crippen molar-refractivity contribution in [1.29, 1.82) is 0 Å². The van der Waals surface area contributed by atoms with E-state index in [4.69, 9.17) is 0 Å². The van der Waals surface area contributed by atoms with Crippen molar-refractivity contribution in [3.05, 3.63) is 101 Å². The summed E-state index contributed by atoms with van der Waals surface area (Å²) in [5.41, 5.74) is 7.13. The van der Waals surface area contributed by atoms with Crippen LogP contribution in [0.3, 0.4) is 0 Å². The molecule has 5 nitrogen and oxygen atoms in total. The third kappa shape index (κ3) is 3.00. The molecule has 6 rings (SSSR count). The molecular weight excluding hydrogens is 422 g/mol. The lowest BCUT2D eigenvalue weighted by atomic mass is 9.88. The number of aryl methyl sites for hydroxylation is 1. The lowest BCUT2D eigenvalue weighted by Gasteiger charge is -2.36. The van der Waals surface area contributed by atoms with Crippen LogP contribution in [0.5, 0.6) is 0 Å². The number of nitrogens with one attached hydrogen (secondary N) is 1. The van der Waals surface area contributed by atoms with Crippen molar-refractivity contribution in [1.82, 2.24) is 9.88 Å². The molecule has 0 radical (unpaired) electrons. The summed E-state index contributed by atoms with van der Waals surface area (Å²) in [5.74, 6) is 0.227. The molecule has 1 aromatic heterocycles. The van der Waals surface area contributed by atoms with Gasteiger partial charge in [0.1, 0.15) is 12.1 Å². The molecule has 0 aliphatic carbocycles. The molecule has 170 valence electrons. The monoisotopic (exact) mass is 449 g/mol. The molecule has 3 amide bonds. The fourth-order valence-corrected chi connectivity index (χ4v) is 5.42. The fourth-order valence-electron chi connectivity index (χ4n) is 5.42. The summed E-state index contributed by atoms with van der Waals surface area (Å²) in [5, 5.41) is 1.12. The van der Waals surface area contributed by atoms with E-state index in [0.29, 0.717) is 18.0 Å². The number of carbonyl (C=O) groups excluding carboxylic acids is 2. The van der Waals surface area contributed by atoms with E-state index in [1.807, 2.05) is 36.4 Å². The Labute approximate surface area is 199 Å². The second kappa shape index (κ2) is 7.59. The van der Waals surface area contributed by atoms with Crippen LogP contribution in [-0.4, -0.2) is 27.9 Å². The molecule has 4 aromatic rings. The van der Waals surface area contributed by atoms with Gasteiger partial charge in [0, 0.05) is 23.0 Å². The second-order valence-electron chi connectivity index (χ2n) is 9.71. The fraction of sp³-hybridized carbons (Fsp3) is 0.241. The van der Waals surface area contributed by atoms with Crippen LogP contribution in [0.15, 0.2) is 72.8 Å². The molecule has 3 aromatic carbocycles. The molecular formula is C29H27N3O2. The maximum Gasteiger partial charge on any atom is 0.332 e. The van der Waals surface area contributed by atoms with Gasteiger partial charge in [-0.3, -0.25) is 9.69 Å². The first kappa shape index (κ1) is 20.7. The Morgan fingerprint density at radius 3 is 2.32 bits per heavy atom. The average Bonchev–Trinajstić information content (AvgIpc) is 3.33. The molecule has 34 heavy (non-hydrogen) atoms. The number of benzene rings is 3. The van der Waals surface area contributed by atoms with Crippen molar-refractivity contribution in [3.63, 3.8) is 0 Å². The smallest absolute Gasteiger partial charge is 0.332 e. The number of amides is 3. The Hall–Kier alpha value is -3.86. The number of rotatable bonds is 3. The van der Waals surface area contributed by atoms with Crippen molar-refractivity contribution < 1.29 is 9.59 Å². The molecule has 2 aliphatic heterocycles. The zero-order valence-electron chi connectivity index (χ0n) is 19.6. The Morgan fingerprint density at radius 2 is 1.62 bits per heavy atom. The number of hydrogen-bond acceptors (Lipinski definition) is 2. The molecule has 1 N–H and O–H groups in total. The van der Waals surface area contributed by atoms with Gasteiger partial charge in [0.2, 0.25) is 0 Å². The van der Waals surface area contributed by atoms with E-state index >= 15 is 0 Å². The number of hydrogen-bond donors (Lipinski definition) is 1. The van der Waals surface area contributed by atoms with Crippen LogP contribution in [0.25, 0.3) is 10.9 Å². The number of aromatic nitrogens is 1. The quantitative estimate of drug-likeness (QED) is 0.385. The first-order valence-corrected chi connectivity index (χ1v) is 11.9. The van der Waals surface area contributed by atoms with Crippen molar-refractivity contribution in [2.24, 2.45) is 0 Å². The van der Waals surface area contributed by atoms with E-state index in [1.54, 1.807) is 4.90 Å².